The van der Waals surface area contributed by atoms with Crippen LogP contribution < -0.4 is 5.32 Å². The normalized spacial score (nSPS) is 30.7. The van der Waals surface area contributed by atoms with Crippen molar-refractivity contribution in [2.45, 2.75) is 38.1 Å². The summed E-state index contributed by atoms with van der Waals surface area (Å²) in [7, 11) is 0. The molecule has 1 saturated carbocycles. The van der Waals surface area contributed by atoms with Gasteiger partial charge in [-0.15, -0.1) is 0 Å². The number of rotatable bonds is 3. The molecular weight excluding hydrogens is 199 g/mol. The second kappa shape index (κ2) is 4.35. The lowest BCUT2D eigenvalue weighted by molar-refractivity contribution is -0.00975. The number of nitrogens with one attached hydrogen (secondary N) is 1. The van der Waals surface area contributed by atoms with Crippen LogP contribution in [0.3, 0.4) is 0 Å². The molecule has 0 unspecified atom stereocenters. The molecule has 15 heavy (non-hydrogen) atoms. The minimum atomic E-state index is -0.826. The zero-order valence-corrected chi connectivity index (χ0v) is 8.91. The molecule has 0 radical (unpaired) electrons. The molecule has 0 atom stereocenters. The largest absolute Gasteiger partial charge is 0.378 e. The number of carbonyl (C=O) groups excluding carboxylic acids is 1. The second-order valence-corrected chi connectivity index (χ2v) is 4.20. The van der Waals surface area contributed by atoms with E-state index in [9.17, 15) is 9.18 Å². The van der Waals surface area contributed by atoms with Gasteiger partial charge in [0, 0.05) is 12.6 Å². The molecule has 2 rings (SSSR count). The SMILES string of the molecule is CCOC1CC(NC(=O)N2CC(F)C2)C1. The third-order valence-corrected chi connectivity index (χ3v) is 2.95. The van der Waals surface area contributed by atoms with Crippen molar-refractivity contribution in [3.63, 3.8) is 0 Å². The van der Waals surface area contributed by atoms with Gasteiger partial charge in [-0.2, -0.15) is 0 Å². The van der Waals surface area contributed by atoms with Gasteiger partial charge in [0.15, 0.2) is 0 Å². The quantitative estimate of drug-likeness (QED) is 0.762. The minimum Gasteiger partial charge on any atom is -0.378 e. The first-order valence-corrected chi connectivity index (χ1v) is 5.50. The number of carbonyl (C=O) groups is 1. The summed E-state index contributed by atoms with van der Waals surface area (Å²) in [5.41, 5.74) is 0. The Bertz CT molecular complexity index is 238. The molecule has 1 aliphatic heterocycles. The lowest BCUT2D eigenvalue weighted by atomic mass is 9.89. The van der Waals surface area contributed by atoms with Gasteiger partial charge in [0.2, 0.25) is 0 Å². The fourth-order valence-electron chi connectivity index (χ4n) is 1.91. The van der Waals surface area contributed by atoms with E-state index in [2.05, 4.69) is 5.32 Å². The summed E-state index contributed by atoms with van der Waals surface area (Å²) < 4.78 is 17.9. The molecule has 1 heterocycles. The van der Waals surface area contributed by atoms with E-state index in [1.165, 1.54) is 4.90 Å². The topological polar surface area (TPSA) is 41.6 Å². The molecule has 86 valence electrons. The molecule has 0 aromatic carbocycles. The van der Waals surface area contributed by atoms with E-state index in [0.717, 1.165) is 19.4 Å². The Morgan fingerprint density at radius 2 is 2.20 bits per heavy atom. The van der Waals surface area contributed by atoms with Crippen LogP contribution >= 0.6 is 0 Å². The van der Waals surface area contributed by atoms with E-state index in [1.54, 1.807) is 0 Å². The molecule has 2 amide bonds. The highest BCUT2D eigenvalue weighted by molar-refractivity contribution is 5.75. The van der Waals surface area contributed by atoms with Crippen molar-refractivity contribution in [3.8, 4) is 0 Å². The van der Waals surface area contributed by atoms with Gasteiger partial charge < -0.3 is 15.0 Å². The Hall–Kier alpha value is -0.840. The third-order valence-electron chi connectivity index (χ3n) is 2.95. The summed E-state index contributed by atoms with van der Waals surface area (Å²) in [5, 5.41) is 2.87. The van der Waals surface area contributed by atoms with Crippen molar-refractivity contribution >= 4 is 6.03 Å². The Balaban J connectivity index is 1.61. The lowest BCUT2D eigenvalue weighted by Crippen LogP contribution is -2.59. The molecule has 2 aliphatic rings. The Kier molecular flexibility index (Phi) is 3.09. The summed E-state index contributed by atoms with van der Waals surface area (Å²) >= 11 is 0. The number of ether oxygens (including phenoxy) is 1. The molecular formula is C10H17FN2O2. The fourth-order valence-corrected chi connectivity index (χ4v) is 1.91. The van der Waals surface area contributed by atoms with Crippen molar-refractivity contribution in [3.05, 3.63) is 0 Å². The molecule has 1 saturated heterocycles. The van der Waals surface area contributed by atoms with Gasteiger partial charge in [0.25, 0.3) is 0 Å². The van der Waals surface area contributed by atoms with Crippen molar-refractivity contribution in [1.29, 1.82) is 0 Å². The number of hydrogen-bond donors (Lipinski definition) is 1. The van der Waals surface area contributed by atoms with Crippen molar-refractivity contribution in [2.75, 3.05) is 19.7 Å². The molecule has 0 aromatic rings. The number of nitrogens with zero attached hydrogens (tertiary/aromatic N) is 1. The van der Waals surface area contributed by atoms with E-state index in [0.29, 0.717) is 6.10 Å². The van der Waals surface area contributed by atoms with Gasteiger partial charge in [-0.1, -0.05) is 0 Å². The predicted molar refractivity (Wildman–Crippen MR) is 53.4 cm³/mol. The number of alkyl halides is 1. The summed E-state index contributed by atoms with van der Waals surface area (Å²) in [4.78, 5) is 12.9. The highest BCUT2D eigenvalue weighted by Crippen LogP contribution is 2.23. The van der Waals surface area contributed by atoms with Gasteiger partial charge >= 0.3 is 6.03 Å². The second-order valence-electron chi connectivity index (χ2n) is 4.20. The smallest absolute Gasteiger partial charge is 0.317 e. The first kappa shape index (κ1) is 10.7. The van der Waals surface area contributed by atoms with E-state index in [4.69, 9.17) is 4.74 Å². The highest BCUT2D eigenvalue weighted by atomic mass is 19.1. The Morgan fingerprint density at radius 1 is 1.53 bits per heavy atom. The lowest BCUT2D eigenvalue weighted by Gasteiger charge is -2.39. The highest BCUT2D eigenvalue weighted by Gasteiger charge is 2.35. The molecule has 0 bridgehead atoms. The first-order valence-electron chi connectivity index (χ1n) is 5.50. The maximum Gasteiger partial charge on any atom is 0.317 e. The average Bonchev–Trinajstić information content (AvgIpc) is 2.09. The fraction of sp³-hybridized carbons (Fsp3) is 0.900. The summed E-state index contributed by atoms with van der Waals surface area (Å²) in [6.45, 7) is 3.18. The van der Waals surface area contributed by atoms with Crippen LogP contribution in [0.5, 0.6) is 0 Å². The monoisotopic (exact) mass is 216 g/mol. The van der Waals surface area contributed by atoms with E-state index < -0.39 is 6.17 Å². The molecule has 4 nitrogen and oxygen atoms in total. The van der Waals surface area contributed by atoms with E-state index >= 15 is 0 Å². The maximum absolute atomic E-state index is 12.5. The Labute approximate surface area is 88.8 Å². The van der Waals surface area contributed by atoms with Crippen LogP contribution in [0, 0.1) is 0 Å². The van der Waals surface area contributed by atoms with Crippen molar-refractivity contribution in [2.24, 2.45) is 0 Å². The first-order chi connectivity index (χ1) is 7.19. The van der Waals surface area contributed by atoms with Crippen LogP contribution in [-0.4, -0.2) is 48.9 Å². The Morgan fingerprint density at radius 3 is 2.73 bits per heavy atom. The van der Waals surface area contributed by atoms with Crippen LogP contribution in [0.1, 0.15) is 19.8 Å². The van der Waals surface area contributed by atoms with Crippen LogP contribution in [0.15, 0.2) is 0 Å². The molecule has 2 fully saturated rings. The van der Waals surface area contributed by atoms with Crippen molar-refractivity contribution in [1.82, 2.24) is 10.2 Å². The van der Waals surface area contributed by atoms with Gasteiger partial charge in [0.05, 0.1) is 19.2 Å². The van der Waals surface area contributed by atoms with Gasteiger partial charge in [-0.25, -0.2) is 9.18 Å². The van der Waals surface area contributed by atoms with Gasteiger partial charge in [0.1, 0.15) is 6.17 Å². The number of likely N-dealkylation sites (tertiary alicyclic amines) is 1. The molecule has 1 N–H and O–H groups in total. The summed E-state index contributed by atoms with van der Waals surface area (Å²) in [6.07, 6.45) is 1.23. The van der Waals surface area contributed by atoms with Gasteiger partial charge in [-0.3, -0.25) is 0 Å². The van der Waals surface area contributed by atoms with Crippen LogP contribution in [0.25, 0.3) is 0 Å². The predicted octanol–water partition coefficient (Wildman–Crippen LogP) is 0.917. The number of amides is 2. The van der Waals surface area contributed by atoms with Crippen molar-refractivity contribution < 1.29 is 13.9 Å². The maximum atomic E-state index is 12.5. The molecule has 0 aromatic heterocycles. The summed E-state index contributed by atoms with van der Waals surface area (Å²) in [6, 6.07) is 0.0801. The standard InChI is InChI=1S/C10H17FN2O2/c1-2-15-9-3-8(4-9)12-10(14)13-5-7(11)6-13/h7-9H,2-6H2,1H3,(H,12,14). The average molecular weight is 216 g/mol. The molecule has 1 aliphatic carbocycles. The molecule has 5 heteroatoms. The number of urea groups is 1. The van der Waals surface area contributed by atoms with Crippen LogP contribution in [-0.2, 0) is 4.74 Å². The third kappa shape index (κ3) is 2.40. The van der Waals surface area contributed by atoms with E-state index in [1.807, 2.05) is 6.92 Å². The van der Waals surface area contributed by atoms with E-state index in [-0.39, 0.29) is 25.2 Å². The van der Waals surface area contributed by atoms with Gasteiger partial charge in [-0.05, 0) is 19.8 Å². The number of halogens is 1. The van der Waals surface area contributed by atoms with Crippen LogP contribution in [0.2, 0.25) is 0 Å². The minimum absolute atomic E-state index is 0.135. The summed E-state index contributed by atoms with van der Waals surface area (Å²) in [5.74, 6) is 0. The van der Waals surface area contributed by atoms with Crippen LogP contribution in [0.4, 0.5) is 9.18 Å². The zero-order valence-electron chi connectivity index (χ0n) is 8.91. The molecule has 0 spiro atoms. The number of hydrogen-bond acceptors (Lipinski definition) is 2. The zero-order chi connectivity index (χ0) is 10.8.